The predicted octanol–water partition coefficient (Wildman–Crippen LogP) is 5.47. The molecule has 3 aromatic carbocycles. The maximum absolute atomic E-state index is 14.5. The molecule has 0 amide bonds. The van der Waals surface area contributed by atoms with Crippen LogP contribution < -0.4 is 0 Å². The van der Waals surface area contributed by atoms with Gasteiger partial charge in [0.2, 0.25) is 4.90 Å². The van der Waals surface area contributed by atoms with Crippen LogP contribution in [0.2, 0.25) is 0 Å². The molecule has 3 aromatic rings. The zero-order valence-electron chi connectivity index (χ0n) is 14.8. The molecule has 0 aliphatic heterocycles. The van der Waals surface area contributed by atoms with Crippen molar-refractivity contribution in [2.75, 3.05) is 0 Å². The lowest BCUT2D eigenvalue weighted by molar-refractivity contribution is 0.100. The van der Waals surface area contributed by atoms with Gasteiger partial charge < -0.3 is 0 Å². The van der Waals surface area contributed by atoms with E-state index in [4.69, 9.17) is 0 Å². The summed E-state index contributed by atoms with van der Waals surface area (Å²) in [5, 5.41) is 0. The largest absolute Gasteiger partial charge is 0.295 e. The van der Waals surface area contributed by atoms with Gasteiger partial charge in [-0.1, -0.05) is 0 Å². The van der Waals surface area contributed by atoms with Crippen molar-refractivity contribution in [1.82, 2.24) is 0 Å². The van der Waals surface area contributed by atoms with Crippen LogP contribution >= 0.6 is 0 Å². The molecule has 2 nitrogen and oxygen atoms in total. The van der Waals surface area contributed by atoms with Gasteiger partial charge in [0.1, 0.15) is 16.7 Å². The van der Waals surface area contributed by atoms with E-state index in [1.807, 2.05) is 0 Å². The number of ketones is 2. The van der Waals surface area contributed by atoms with Crippen LogP contribution in [0, 0.1) is 11.6 Å². The van der Waals surface area contributed by atoms with Crippen LogP contribution in [0.4, 0.5) is 8.78 Å². The van der Waals surface area contributed by atoms with Gasteiger partial charge in [-0.15, -0.1) is 0 Å². The van der Waals surface area contributed by atoms with E-state index in [0.717, 1.165) is 15.9 Å². The number of carbonyl (C=O) groups is 2. The van der Waals surface area contributed by atoms with E-state index in [9.17, 15) is 18.4 Å². The summed E-state index contributed by atoms with van der Waals surface area (Å²) in [7, 11) is -0.842. The van der Waals surface area contributed by atoms with Crippen molar-refractivity contribution in [2.45, 2.75) is 28.5 Å². The smallest absolute Gasteiger partial charge is 0.202 e. The molecular weight excluding hydrogens is 366 g/mol. The van der Waals surface area contributed by atoms with Gasteiger partial charge >= 0.3 is 0 Å². The fourth-order valence-corrected chi connectivity index (χ4v) is 4.74. The van der Waals surface area contributed by atoms with Crippen molar-refractivity contribution in [3.8, 4) is 0 Å². The minimum atomic E-state index is -0.842. The highest BCUT2D eigenvalue weighted by atomic mass is 32.2. The number of hydrogen-bond acceptors (Lipinski definition) is 2. The highest BCUT2D eigenvalue weighted by Gasteiger charge is 2.32. The molecule has 0 bridgehead atoms. The topological polar surface area (TPSA) is 34.1 Å². The Morgan fingerprint density at radius 3 is 1.52 bits per heavy atom. The fourth-order valence-electron chi connectivity index (χ4n) is 2.68. The average Bonchev–Trinajstić information content (AvgIpc) is 2.64. The van der Waals surface area contributed by atoms with Gasteiger partial charge in [-0.2, -0.15) is 0 Å². The standard InChI is InChI=1S/C22H17F2O2S/c1-14(25)16-3-8-19(9-4-16)27(22-12-7-18(23)13-21(22)24)20-10-5-17(6-11-20)15(2)26/h3-13H,1-2H3/q+1. The average molecular weight is 383 g/mol. The van der Waals surface area contributed by atoms with Crippen molar-refractivity contribution < 1.29 is 18.4 Å². The van der Waals surface area contributed by atoms with Gasteiger partial charge in [0.25, 0.3) is 0 Å². The molecule has 0 spiro atoms. The zero-order chi connectivity index (χ0) is 19.6. The molecule has 0 N–H and O–H groups in total. The van der Waals surface area contributed by atoms with Crippen LogP contribution in [-0.2, 0) is 10.9 Å². The first kappa shape index (κ1) is 19.0. The van der Waals surface area contributed by atoms with Crippen molar-refractivity contribution in [3.05, 3.63) is 89.5 Å². The second kappa shape index (κ2) is 7.84. The Kier molecular flexibility index (Phi) is 5.51. The number of benzene rings is 3. The summed E-state index contributed by atoms with van der Waals surface area (Å²) in [6.07, 6.45) is 0. The van der Waals surface area contributed by atoms with E-state index in [1.54, 1.807) is 48.5 Å². The Morgan fingerprint density at radius 1 is 0.704 bits per heavy atom. The molecule has 0 aromatic heterocycles. The lowest BCUT2D eigenvalue weighted by Gasteiger charge is -2.10. The van der Waals surface area contributed by atoms with E-state index in [0.29, 0.717) is 16.0 Å². The Balaban J connectivity index is 2.13. The Hall–Kier alpha value is -2.79. The Bertz CT molecular complexity index is 938. The van der Waals surface area contributed by atoms with Crippen LogP contribution in [0.25, 0.3) is 0 Å². The monoisotopic (exact) mass is 383 g/mol. The molecule has 0 radical (unpaired) electrons. The van der Waals surface area contributed by atoms with Crippen LogP contribution in [0.3, 0.4) is 0 Å². The number of hydrogen-bond donors (Lipinski definition) is 0. The SMILES string of the molecule is CC(=O)c1ccc([S+](c2ccc(C(C)=O)cc2)c2ccc(F)cc2F)cc1. The van der Waals surface area contributed by atoms with Gasteiger partial charge in [-0.25, -0.2) is 8.78 Å². The number of rotatable bonds is 5. The first-order valence-electron chi connectivity index (χ1n) is 8.28. The maximum atomic E-state index is 14.5. The third kappa shape index (κ3) is 4.14. The molecule has 5 heteroatoms. The van der Waals surface area contributed by atoms with Gasteiger partial charge in [0.15, 0.2) is 27.2 Å². The minimum Gasteiger partial charge on any atom is -0.295 e. The molecule has 0 saturated heterocycles. The lowest BCUT2D eigenvalue weighted by atomic mass is 10.1. The van der Waals surface area contributed by atoms with Gasteiger partial charge in [0.05, 0.1) is 0 Å². The summed E-state index contributed by atoms with van der Waals surface area (Å²) in [6, 6.07) is 17.4. The summed E-state index contributed by atoms with van der Waals surface area (Å²) in [6.45, 7) is 2.96. The van der Waals surface area contributed by atoms with Crippen molar-refractivity contribution in [3.63, 3.8) is 0 Å². The third-order valence-corrected chi connectivity index (χ3v) is 6.36. The van der Waals surface area contributed by atoms with Gasteiger partial charge in [-0.05, 0) is 68.4 Å². The minimum absolute atomic E-state index is 0.0554. The third-order valence-electron chi connectivity index (χ3n) is 4.11. The second-order valence-corrected chi connectivity index (χ2v) is 8.04. The summed E-state index contributed by atoms with van der Waals surface area (Å²) in [5.41, 5.74) is 1.13. The van der Waals surface area contributed by atoms with E-state index >= 15 is 0 Å². The summed E-state index contributed by atoms with van der Waals surface area (Å²) >= 11 is 0. The van der Waals surface area contributed by atoms with Crippen molar-refractivity contribution in [2.24, 2.45) is 0 Å². The fraction of sp³-hybridized carbons (Fsp3) is 0.0909. The van der Waals surface area contributed by atoms with E-state index in [2.05, 4.69) is 0 Å². The Morgan fingerprint density at radius 2 is 1.15 bits per heavy atom. The van der Waals surface area contributed by atoms with Crippen LogP contribution in [-0.4, -0.2) is 11.6 Å². The second-order valence-electron chi connectivity index (χ2n) is 6.04. The Labute approximate surface area is 159 Å². The van der Waals surface area contributed by atoms with Crippen molar-refractivity contribution >= 4 is 22.5 Å². The molecule has 0 fully saturated rings. The lowest BCUT2D eigenvalue weighted by Crippen LogP contribution is -2.08. The molecule has 0 unspecified atom stereocenters. The van der Waals surface area contributed by atoms with E-state index in [1.165, 1.54) is 26.0 Å². The van der Waals surface area contributed by atoms with E-state index in [-0.39, 0.29) is 11.6 Å². The summed E-state index contributed by atoms with van der Waals surface area (Å²) in [5.74, 6) is -1.39. The quantitative estimate of drug-likeness (QED) is 0.433. The maximum Gasteiger partial charge on any atom is 0.202 e. The molecular formula is C22H17F2O2S+. The molecule has 0 aliphatic carbocycles. The number of Topliss-reactive ketones (excluding diaryl/α,β-unsaturated/α-hetero) is 2. The van der Waals surface area contributed by atoms with Crippen LogP contribution in [0.15, 0.2) is 81.4 Å². The van der Waals surface area contributed by atoms with Gasteiger partial charge in [0, 0.05) is 23.3 Å². The first-order chi connectivity index (χ1) is 12.9. The number of halogens is 2. The van der Waals surface area contributed by atoms with Crippen LogP contribution in [0.1, 0.15) is 34.6 Å². The molecule has 0 saturated carbocycles. The van der Waals surface area contributed by atoms with E-state index < -0.39 is 22.5 Å². The first-order valence-corrected chi connectivity index (χ1v) is 9.50. The summed E-state index contributed by atoms with van der Waals surface area (Å²) < 4.78 is 27.9. The van der Waals surface area contributed by atoms with Crippen LogP contribution in [0.5, 0.6) is 0 Å². The summed E-state index contributed by atoms with van der Waals surface area (Å²) in [4.78, 5) is 25.0. The number of carbonyl (C=O) groups excluding carboxylic acids is 2. The molecule has 0 aliphatic rings. The highest BCUT2D eigenvalue weighted by Crippen LogP contribution is 2.33. The molecule has 3 rings (SSSR count). The van der Waals surface area contributed by atoms with Crippen molar-refractivity contribution in [1.29, 1.82) is 0 Å². The predicted molar refractivity (Wildman–Crippen MR) is 101 cm³/mol. The normalized spacial score (nSPS) is 10.9. The molecule has 136 valence electrons. The molecule has 0 atom stereocenters. The highest BCUT2D eigenvalue weighted by molar-refractivity contribution is 7.97. The van der Waals surface area contributed by atoms with Gasteiger partial charge in [-0.3, -0.25) is 9.59 Å². The molecule has 27 heavy (non-hydrogen) atoms. The zero-order valence-corrected chi connectivity index (χ0v) is 15.6. The molecule has 0 heterocycles.